The molecular formula is C12H16Cl2N2O4S. The molecule has 0 saturated carbocycles. The van der Waals surface area contributed by atoms with Gasteiger partial charge in [-0.2, -0.15) is 0 Å². The fraction of sp³-hybridized carbons (Fsp3) is 0.500. The molecule has 1 aromatic carbocycles. The van der Waals surface area contributed by atoms with Crippen LogP contribution in [0.3, 0.4) is 0 Å². The summed E-state index contributed by atoms with van der Waals surface area (Å²) in [6.07, 6.45) is -0.319. The third-order valence-electron chi connectivity index (χ3n) is 2.97. The van der Waals surface area contributed by atoms with Gasteiger partial charge in [-0.1, -0.05) is 23.2 Å². The van der Waals surface area contributed by atoms with Crippen molar-refractivity contribution in [1.29, 1.82) is 0 Å². The molecule has 118 valence electrons. The molecule has 1 aliphatic rings. The molecule has 21 heavy (non-hydrogen) atoms. The van der Waals surface area contributed by atoms with Crippen LogP contribution in [0.4, 0.5) is 0 Å². The summed E-state index contributed by atoms with van der Waals surface area (Å²) in [6, 6.07) is 2.84. The number of sulfonamides is 1. The second-order valence-electron chi connectivity index (χ2n) is 4.50. The van der Waals surface area contributed by atoms with Gasteiger partial charge in [-0.25, -0.2) is 13.1 Å². The standard InChI is InChI=1S/C12H16Cl2N2O4S/c13-9-3-8(5-15)12(14)11(4-9)21(17,18)16-6-10-7-19-1-2-20-10/h3-4,10,16H,1-2,5-7,15H2. The Balaban J connectivity index is 2.17. The second-order valence-corrected chi connectivity index (χ2v) is 7.05. The van der Waals surface area contributed by atoms with Crippen LogP contribution in [0.1, 0.15) is 5.56 Å². The summed E-state index contributed by atoms with van der Waals surface area (Å²) in [5.41, 5.74) is 6.00. The Morgan fingerprint density at radius 3 is 2.71 bits per heavy atom. The van der Waals surface area contributed by atoms with Crippen molar-refractivity contribution >= 4 is 33.2 Å². The van der Waals surface area contributed by atoms with Gasteiger partial charge in [0.25, 0.3) is 0 Å². The topological polar surface area (TPSA) is 90.7 Å². The summed E-state index contributed by atoms with van der Waals surface area (Å²) < 4.78 is 37.7. The minimum atomic E-state index is -3.80. The lowest BCUT2D eigenvalue weighted by molar-refractivity contribution is -0.0846. The summed E-state index contributed by atoms with van der Waals surface area (Å²) in [6.45, 7) is 1.51. The number of hydrogen-bond acceptors (Lipinski definition) is 5. The molecule has 6 nitrogen and oxygen atoms in total. The van der Waals surface area contributed by atoms with Crippen LogP contribution in [-0.4, -0.2) is 40.9 Å². The van der Waals surface area contributed by atoms with E-state index in [-0.39, 0.29) is 34.1 Å². The lowest BCUT2D eigenvalue weighted by Crippen LogP contribution is -2.39. The third kappa shape index (κ3) is 4.29. The Bertz CT molecular complexity index is 604. The Hall–Kier alpha value is -0.410. The molecular weight excluding hydrogens is 339 g/mol. The average molecular weight is 355 g/mol. The van der Waals surface area contributed by atoms with E-state index in [0.717, 1.165) is 0 Å². The summed E-state index contributed by atoms with van der Waals surface area (Å²) in [4.78, 5) is -0.0890. The Morgan fingerprint density at radius 2 is 2.10 bits per heavy atom. The number of nitrogens with two attached hydrogens (primary N) is 1. The zero-order chi connectivity index (χ0) is 15.5. The molecule has 3 N–H and O–H groups in total. The van der Waals surface area contributed by atoms with Crippen molar-refractivity contribution in [2.75, 3.05) is 26.4 Å². The Labute approximate surface area is 133 Å². The SMILES string of the molecule is NCc1cc(Cl)cc(S(=O)(=O)NCC2COCCO2)c1Cl. The minimum Gasteiger partial charge on any atom is -0.376 e. The van der Waals surface area contributed by atoms with Crippen LogP contribution in [0.5, 0.6) is 0 Å². The van der Waals surface area contributed by atoms with E-state index in [4.69, 9.17) is 38.4 Å². The summed E-state index contributed by atoms with van der Waals surface area (Å²) >= 11 is 12.0. The summed E-state index contributed by atoms with van der Waals surface area (Å²) in [5, 5.41) is 0.340. The van der Waals surface area contributed by atoms with Crippen LogP contribution in [0.15, 0.2) is 17.0 Å². The van der Waals surface area contributed by atoms with E-state index in [1.165, 1.54) is 6.07 Å². The maximum atomic E-state index is 12.3. The van der Waals surface area contributed by atoms with Crippen molar-refractivity contribution in [3.8, 4) is 0 Å². The highest BCUT2D eigenvalue weighted by molar-refractivity contribution is 7.89. The van der Waals surface area contributed by atoms with Crippen LogP contribution in [-0.2, 0) is 26.0 Å². The lowest BCUT2D eigenvalue weighted by Gasteiger charge is -2.23. The van der Waals surface area contributed by atoms with Crippen molar-refractivity contribution < 1.29 is 17.9 Å². The highest BCUT2D eigenvalue weighted by atomic mass is 35.5. The van der Waals surface area contributed by atoms with Gasteiger partial charge in [0, 0.05) is 18.1 Å². The quantitative estimate of drug-likeness (QED) is 0.827. The van der Waals surface area contributed by atoms with Gasteiger partial charge in [0.15, 0.2) is 0 Å². The van der Waals surface area contributed by atoms with E-state index in [9.17, 15) is 8.42 Å². The van der Waals surface area contributed by atoms with Gasteiger partial charge >= 0.3 is 0 Å². The molecule has 1 unspecified atom stereocenters. The number of halogens is 2. The first kappa shape index (κ1) is 17.0. The smallest absolute Gasteiger partial charge is 0.242 e. The number of nitrogens with one attached hydrogen (secondary N) is 1. The molecule has 0 radical (unpaired) electrons. The summed E-state index contributed by atoms with van der Waals surface area (Å²) in [5.74, 6) is 0. The maximum Gasteiger partial charge on any atom is 0.242 e. The normalized spacial score (nSPS) is 19.7. The molecule has 0 aliphatic carbocycles. The lowest BCUT2D eigenvalue weighted by atomic mass is 10.2. The minimum absolute atomic E-state index is 0.0789. The van der Waals surface area contributed by atoms with Gasteiger partial charge < -0.3 is 15.2 Å². The first-order valence-corrected chi connectivity index (χ1v) is 8.55. The van der Waals surface area contributed by atoms with Gasteiger partial charge in [0.05, 0.1) is 30.9 Å². The first-order valence-electron chi connectivity index (χ1n) is 6.31. The van der Waals surface area contributed by atoms with E-state index >= 15 is 0 Å². The van der Waals surface area contributed by atoms with Crippen molar-refractivity contribution in [2.24, 2.45) is 5.73 Å². The average Bonchev–Trinajstić information content (AvgIpc) is 2.48. The molecule has 1 aliphatic heterocycles. The molecule has 0 amide bonds. The van der Waals surface area contributed by atoms with Gasteiger partial charge in [-0.3, -0.25) is 0 Å². The predicted molar refractivity (Wildman–Crippen MR) is 80.1 cm³/mol. The van der Waals surface area contributed by atoms with Gasteiger partial charge in [0.2, 0.25) is 10.0 Å². The molecule has 1 aromatic rings. The second kappa shape index (κ2) is 7.23. The third-order valence-corrected chi connectivity index (χ3v) is 5.20. The molecule has 1 heterocycles. The molecule has 1 saturated heterocycles. The van der Waals surface area contributed by atoms with E-state index in [1.807, 2.05) is 0 Å². The molecule has 0 aromatic heterocycles. The molecule has 0 bridgehead atoms. The van der Waals surface area contributed by atoms with Crippen LogP contribution < -0.4 is 10.5 Å². The number of hydrogen-bond donors (Lipinski definition) is 2. The van der Waals surface area contributed by atoms with E-state index in [1.54, 1.807) is 6.07 Å². The predicted octanol–water partition coefficient (Wildman–Crippen LogP) is 1.15. The number of benzene rings is 1. The number of ether oxygens (including phenoxy) is 2. The molecule has 1 atom stereocenters. The molecule has 2 rings (SSSR count). The Morgan fingerprint density at radius 1 is 1.33 bits per heavy atom. The fourth-order valence-electron chi connectivity index (χ4n) is 1.90. The van der Waals surface area contributed by atoms with E-state index < -0.39 is 10.0 Å². The number of rotatable bonds is 5. The zero-order valence-corrected chi connectivity index (χ0v) is 13.5. The van der Waals surface area contributed by atoms with Crippen molar-refractivity contribution in [3.05, 3.63) is 27.7 Å². The molecule has 1 fully saturated rings. The van der Waals surface area contributed by atoms with Crippen molar-refractivity contribution in [3.63, 3.8) is 0 Å². The van der Waals surface area contributed by atoms with Crippen molar-refractivity contribution in [2.45, 2.75) is 17.5 Å². The van der Waals surface area contributed by atoms with E-state index in [0.29, 0.717) is 25.4 Å². The van der Waals surface area contributed by atoms with Gasteiger partial charge in [0.1, 0.15) is 4.90 Å². The van der Waals surface area contributed by atoms with Crippen LogP contribution in [0.25, 0.3) is 0 Å². The Kier molecular flexibility index (Phi) is 5.84. The largest absolute Gasteiger partial charge is 0.376 e. The fourth-order valence-corrected chi connectivity index (χ4v) is 3.90. The summed E-state index contributed by atoms with van der Waals surface area (Å²) in [7, 11) is -3.80. The van der Waals surface area contributed by atoms with Gasteiger partial charge in [-0.15, -0.1) is 0 Å². The molecule has 9 heteroatoms. The van der Waals surface area contributed by atoms with E-state index in [2.05, 4.69) is 4.72 Å². The highest BCUT2D eigenvalue weighted by Gasteiger charge is 2.23. The van der Waals surface area contributed by atoms with Crippen molar-refractivity contribution in [1.82, 2.24) is 4.72 Å². The van der Waals surface area contributed by atoms with Crippen LogP contribution in [0.2, 0.25) is 10.0 Å². The van der Waals surface area contributed by atoms with Crippen LogP contribution in [0, 0.1) is 0 Å². The van der Waals surface area contributed by atoms with Gasteiger partial charge in [-0.05, 0) is 17.7 Å². The van der Waals surface area contributed by atoms with Crippen LogP contribution >= 0.6 is 23.2 Å². The highest BCUT2D eigenvalue weighted by Crippen LogP contribution is 2.29. The first-order chi connectivity index (χ1) is 9.94. The zero-order valence-electron chi connectivity index (χ0n) is 11.1. The molecule has 0 spiro atoms. The maximum absolute atomic E-state index is 12.3. The monoisotopic (exact) mass is 354 g/mol.